The van der Waals surface area contributed by atoms with Gasteiger partial charge in [-0.25, -0.2) is 9.18 Å². The van der Waals surface area contributed by atoms with Crippen LogP contribution in [0.5, 0.6) is 0 Å². The number of unbranched alkanes of at least 4 members (excludes halogenated alkanes) is 1. The van der Waals surface area contributed by atoms with Crippen molar-refractivity contribution in [2.75, 3.05) is 11.9 Å². The van der Waals surface area contributed by atoms with Gasteiger partial charge in [0.25, 0.3) is 0 Å². The molecule has 0 atom stereocenters. The van der Waals surface area contributed by atoms with E-state index in [1.807, 2.05) is 0 Å². The van der Waals surface area contributed by atoms with Crippen LogP contribution in [0, 0.1) is 5.82 Å². The van der Waals surface area contributed by atoms with Crippen LogP contribution in [0.3, 0.4) is 0 Å². The number of aromatic carboxylic acids is 1. The molecule has 112 valence electrons. The van der Waals surface area contributed by atoms with E-state index in [9.17, 15) is 22.4 Å². The van der Waals surface area contributed by atoms with Gasteiger partial charge in [0.2, 0.25) is 0 Å². The summed E-state index contributed by atoms with van der Waals surface area (Å²) in [6, 6.07) is 2.46. The molecule has 0 aromatic heterocycles. The molecule has 2 N–H and O–H groups in total. The van der Waals surface area contributed by atoms with Crippen LogP contribution in [-0.4, -0.2) is 23.8 Å². The maximum absolute atomic E-state index is 13.8. The highest BCUT2D eigenvalue weighted by atomic mass is 79.9. The molecular formula is C12H12BrF4NO2. The van der Waals surface area contributed by atoms with Gasteiger partial charge in [0.15, 0.2) is 5.82 Å². The Morgan fingerprint density at radius 1 is 1.30 bits per heavy atom. The Balaban J connectivity index is 2.53. The topological polar surface area (TPSA) is 49.3 Å². The third-order valence-electron chi connectivity index (χ3n) is 2.52. The van der Waals surface area contributed by atoms with Crippen LogP contribution in [0.1, 0.15) is 29.6 Å². The van der Waals surface area contributed by atoms with Crippen molar-refractivity contribution in [3.05, 3.63) is 28.0 Å². The molecule has 0 radical (unpaired) electrons. The van der Waals surface area contributed by atoms with Gasteiger partial charge in [-0.3, -0.25) is 0 Å². The summed E-state index contributed by atoms with van der Waals surface area (Å²) in [5, 5.41) is 11.4. The summed E-state index contributed by atoms with van der Waals surface area (Å²) >= 11 is 2.84. The Labute approximate surface area is 121 Å². The maximum atomic E-state index is 13.8. The van der Waals surface area contributed by atoms with Gasteiger partial charge in [0.1, 0.15) is 0 Å². The van der Waals surface area contributed by atoms with E-state index in [1.165, 1.54) is 12.1 Å². The largest absolute Gasteiger partial charge is 0.478 e. The summed E-state index contributed by atoms with van der Waals surface area (Å²) in [5.74, 6) is -2.05. The quantitative estimate of drug-likeness (QED) is 0.584. The minimum Gasteiger partial charge on any atom is -0.478 e. The molecule has 0 saturated carbocycles. The third kappa shape index (κ3) is 4.99. The highest BCUT2D eigenvalue weighted by molar-refractivity contribution is 9.10. The van der Waals surface area contributed by atoms with E-state index in [2.05, 4.69) is 21.2 Å². The number of carboxylic acids is 1. The molecule has 0 bridgehead atoms. The van der Waals surface area contributed by atoms with E-state index in [4.69, 9.17) is 5.11 Å². The number of anilines is 1. The molecule has 0 aliphatic carbocycles. The predicted octanol–water partition coefficient (Wildman–Crippen LogP) is 4.43. The van der Waals surface area contributed by atoms with Crippen molar-refractivity contribution in [1.82, 2.24) is 0 Å². The predicted molar refractivity (Wildman–Crippen MR) is 69.5 cm³/mol. The number of carboxylic acid groups (broad SMARTS) is 1. The average Bonchev–Trinajstić information content (AvgIpc) is 2.32. The van der Waals surface area contributed by atoms with E-state index >= 15 is 0 Å². The van der Waals surface area contributed by atoms with Gasteiger partial charge < -0.3 is 10.4 Å². The Hall–Kier alpha value is -1.31. The van der Waals surface area contributed by atoms with E-state index in [0.29, 0.717) is 0 Å². The van der Waals surface area contributed by atoms with Crippen molar-refractivity contribution in [3.8, 4) is 0 Å². The third-order valence-corrected chi connectivity index (χ3v) is 3.29. The minimum atomic E-state index is -4.18. The minimum absolute atomic E-state index is 0.0491. The van der Waals surface area contributed by atoms with Crippen LogP contribution < -0.4 is 5.32 Å². The summed E-state index contributed by atoms with van der Waals surface area (Å²) in [4.78, 5) is 10.8. The first-order chi connectivity index (χ1) is 9.22. The Bertz CT molecular complexity index is 491. The molecule has 0 aliphatic heterocycles. The lowest BCUT2D eigenvalue weighted by Crippen LogP contribution is -2.10. The summed E-state index contributed by atoms with van der Waals surface area (Å²) in [7, 11) is 0. The van der Waals surface area contributed by atoms with E-state index in [1.54, 1.807) is 0 Å². The van der Waals surface area contributed by atoms with Crippen LogP contribution >= 0.6 is 15.9 Å². The number of alkyl halides is 3. The SMILES string of the molecule is O=C(O)c1ccc(NCCCCC(F)(F)F)c(F)c1Br. The summed E-state index contributed by atoms with van der Waals surface area (Å²) in [5.41, 5.74) is -0.168. The first-order valence-electron chi connectivity index (χ1n) is 5.74. The Morgan fingerprint density at radius 2 is 1.95 bits per heavy atom. The van der Waals surface area contributed by atoms with Gasteiger partial charge in [-0.15, -0.1) is 0 Å². The van der Waals surface area contributed by atoms with Gasteiger partial charge in [-0.05, 0) is 40.9 Å². The number of halogens is 5. The molecule has 0 fully saturated rings. The highest BCUT2D eigenvalue weighted by Gasteiger charge is 2.25. The molecule has 3 nitrogen and oxygen atoms in total. The van der Waals surface area contributed by atoms with Crippen LogP contribution in [0.2, 0.25) is 0 Å². The number of nitrogens with one attached hydrogen (secondary N) is 1. The Morgan fingerprint density at radius 3 is 2.50 bits per heavy atom. The first kappa shape index (κ1) is 16.7. The highest BCUT2D eigenvalue weighted by Crippen LogP contribution is 2.27. The second kappa shape index (κ2) is 6.92. The van der Waals surface area contributed by atoms with E-state index < -0.39 is 24.4 Å². The van der Waals surface area contributed by atoms with Gasteiger partial charge >= 0.3 is 12.1 Å². The number of benzene rings is 1. The molecule has 1 rings (SSSR count). The fourth-order valence-corrected chi connectivity index (χ4v) is 2.04. The van der Waals surface area contributed by atoms with Crippen LogP contribution in [-0.2, 0) is 0 Å². The second-order valence-corrected chi connectivity index (χ2v) is 4.89. The molecule has 8 heteroatoms. The lowest BCUT2D eigenvalue weighted by Gasteiger charge is -2.10. The summed E-state index contributed by atoms with van der Waals surface area (Å²) in [6.45, 7) is 0.172. The zero-order valence-electron chi connectivity index (χ0n) is 10.2. The van der Waals surface area contributed by atoms with E-state index in [-0.39, 0.29) is 35.1 Å². The molecule has 1 aromatic carbocycles. The standard InChI is InChI=1S/C12H12BrF4NO2/c13-9-7(11(19)20)3-4-8(10(9)14)18-6-2-1-5-12(15,16)17/h3-4,18H,1-2,5-6H2,(H,19,20). The van der Waals surface area contributed by atoms with Crippen LogP contribution in [0.15, 0.2) is 16.6 Å². The van der Waals surface area contributed by atoms with Crippen molar-refractivity contribution in [3.63, 3.8) is 0 Å². The molecule has 0 saturated heterocycles. The lowest BCUT2D eigenvalue weighted by molar-refractivity contribution is -0.135. The zero-order valence-corrected chi connectivity index (χ0v) is 11.8. The summed E-state index contributed by atoms with van der Waals surface area (Å²) in [6.07, 6.45) is -4.88. The van der Waals surface area contributed by atoms with E-state index in [0.717, 1.165) is 0 Å². The Kier molecular flexibility index (Phi) is 5.79. The molecule has 0 unspecified atom stereocenters. The van der Waals surface area contributed by atoms with Crippen LogP contribution in [0.25, 0.3) is 0 Å². The first-order valence-corrected chi connectivity index (χ1v) is 6.53. The second-order valence-electron chi connectivity index (χ2n) is 4.09. The van der Waals surface area contributed by atoms with Crippen molar-refractivity contribution in [1.29, 1.82) is 0 Å². The van der Waals surface area contributed by atoms with Crippen molar-refractivity contribution >= 4 is 27.6 Å². The van der Waals surface area contributed by atoms with Crippen LogP contribution in [0.4, 0.5) is 23.2 Å². The number of carbonyl (C=O) groups is 1. The van der Waals surface area contributed by atoms with Crippen molar-refractivity contribution in [2.45, 2.75) is 25.4 Å². The molecule has 20 heavy (non-hydrogen) atoms. The van der Waals surface area contributed by atoms with Crippen molar-refractivity contribution < 1.29 is 27.5 Å². The molecule has 0 aliphatic rings. The smallest absolute Gasteiger partial charge is 0.389 e. The molecular weight excluding hydrogens is 346 g/mol. The number of hydrogen-bond acceptors (Lipinski definition) is 2. The molecule has 0 amide bonds. The summed E-state index contributed by atoms with van der Waals surface area (Å²) < 4.78 is 49.3. The van der Waals surface area contributed by atoms with Gasteiger partial charge in [0.05, 0.1) is 15.7 Å². The van der Waals surface area contributed by atoms with Gasteiger partial charge in [-0.2, -0.15) is 13.2 Å². The maximum Gasteiger partial charge on any atom is 0.389 e. The molecule has 0 heterocycles. The lowest BCUT2D eigenvalue weighted by atomic mass is 10.2. The number of rotatable bonds is 6. The fourth-order valence-electron chi connectivity index (χ4n) is 1.52. The average molecular weight is 358 g/mol. The monoisotopic (exact) mass is 357 g/mol. The normalized spacial score (nSPS) is 11.4. The van der Waals surface area contributed by atoms with Gasteiger partial charge in [0, 0.05) is 13.0 Å². The molecule has 0 spiro atoms. The fraction of sp³-hybridized carbons (Fsp3) is 0.417. The van der Waals surface area contributed by atoms with Gasteiger partial charge in [-0.1, -0.05) is 0 Å². The zero-order chi connectivity index (χ0) is 15.3. The number of hydrogen-bond donors (Lipinski definition) is 2. The molecule has 1 aromatic rings. The van der Waals surface area contributed by atoms with Crippen molar-refractivity contribution in [2.24, 2.45) is 0 Å².